The van der Waals surface area contributed by atoms with Crippen molar-refractivity contribution in [3.8, 4) is 6.01 Å². The van der Waals surface area contributed by atoms with Crippen LogP contribution in [0.5, 0.6) is 6.01 Å². The molecule has 0 aromatic carbocycles. The molecule has 1 heterocycles. The van der Waals surface area contributed by atoms with E-state index in [1.165, 1.54) is 12.7 Å². The smallest absolute Gasteiger partial charge is 1.00 e. The first-order valence-corrected chi connectivity index (χ1v) is 4.65. The first kappa shape index (κ1) is 14.5. The molecular weight excluding hydrogens is 205 g/mol. The zero-order valence-corrected chi connectivity index (χ0v) is 11.1. The van der Waals surface area contributed by atoms with E-state index < -0.39 is 0 Å². The van der Waals surface area contributed by atoms with Gasteiger partial charge in [-0.3, -0.25) is 4.79 Å². The van der Waals surface area contributed by atoms with Crippen LogP contribution in [-0.2, 0) is 4.79 Å². The Labute approximate surface area is 112 Å². The van der Waals surface area contributed by atoms with E-state index in [9.17, 15) is 4.79 Å². The molecule has 0 aliphatic carbocycles. The van der Waals surface area contributed by atoms with E-state index in [0.717, 1.165) is 19.3 Å². The number of carbonyl (C=O) groups excluding carboxylic acids is 1. The number of hydrogen-bond donors (Lipinski definition) is 0. The second kappa shape index (κ2) is 8.76. The average Bonchev–Trinajstić information content (AvgIpc) is 2.20. The Kier molecular flexibility index (Phi) is 8.46. The third-order valence-corrected chi connectivity index (χ3v) is 1.66. The van der Waals surface area contributed by atoms with Crippen LogP contribution < -0.4 is 34.3 Å². The van der Waals surface area contributed by atoms with Crippen LogP contribution in [0.3, 0.4) is 0 Å². The van der Waals surface area contributed by atoms with Gasteiger partial charge in [0.1, 0.15) is 12.7 Å². The van der Waals surface area contributed by atoms with Gasteiger partial charge >= 0.3 is 41.5 Å². The molecule has 6 heteroatoms. The van der Waals surface area contributed by atoms with Gasteiger partial charge in [-0.15, -0.1) is 0 Å². The van der Waals surface area contributed by atoms with Gasteiger partial charge < -0.3 is 6.16 Å². The summed E-state index contributed by atoms with van der Waals surface area (Å²) in [6, 6.07) is 0.0708. The maximum atomic E-state index is 11.2. The van der Waals surface area contributed by atoms with E-state index in [-0.39, 0.29) is 43.0 Å². The summed E-state index contributed by atoms with van der Waals surface area (Å²) in [5.74, 6) is -0.287. The number of nitrogens with zero attached hydrogens (tertiary/aromatic N) is 3. The summed E-state index contributed by atoms with van der Waals surface area (Å²) in [6.45, 7) is 2.08. The van der Waals surface area contributed by atoms with Gasteiger partial charge in [-0.05, 0) is 6.42 Å². The Hall–Kier alpha value is -0.520. The van der Waals surface area contributed by atoms with E-state index >= 15 is 0 Å². The summed E-state index contributed by atoms with van der Waals surface area (Å²) in [6.07, 6.45) is 5.97. The molecular formula is C9H14N3NaO2. The predicted molar refractivity (Wildman–Crippen MR) is 50.7 cm³/mol. The van der Waals surface area contributed by atoms with Crippen LogP contribution in [0.25, 0.3) is 0 Å². The normalized spacial score (nSPS) is 9.13. The molecule has 0 saturated carbocycles. The Morgan fingerprint density at radius 2 is 2.07 bits per heavy atom. The molecule has 0 N–H and O–H groups in total. The van der Waals surface area contributed by atoms with Crippen molar-refractivity contribution in [2.75, 3.05) is 0 Å². The summed E-state index contributed by atoms with van der Waals surface area (Å²) in [7, 11) is 0. The molecule has 1 rings (SSSR count). The van der Waals surface area contributed by atoms with Gasteiger partial charge in [0.2, 0.25) is 0 Å². The van der Waals surface area contributed by atoms with E-state index in [2.05, 4.69) is 21.9 Å². The maximum absolute atomic E-state index is 11.2. The van der Waals surface area contributed by atoms with Crippen molar-refractivity contribution >= 4 is 5.97 Å². The topological polar surface area (TPSA) is 65.0 Å². The van der Waals surface area contributed by atoms with Gasteiger partial charge in [0, 0.05) is 6.42 Å². The van der Waals surface area contributed by atoms with Gasteiger partial charge in [-0.25, -0.2) is 4.98 Å². The largest absolute Gasteiger partial charge is 1.00 e. The van der Waals surface area contributed by atoms with Crippen LogP contribution in [0.4, 0.5) is 0 Å². The SMILES string of the molecule is CCCCCC(=O)Oc1ncncn1.[H-].[Na+]. The van der Waals surface area contributed by atoms with Crippen molar-refractivity contribution in [3.05, 3.63) is 12.7 Å². The molecule has 0 aliphatic heterocycles. The monoisotopic (exact) mass is 219 g/mol. The van der Waals surface area contributed by atoms with E-state index in [4.69, 9.17) is 4.74 Å². The standard InChI is InChI=1S/C9H13N3O2.Na.H/c1-2-3-4-5-8(13)14-9-11-6-10-7-12-9;;/h6-7H,2-5H2,1H3;;/q;+1;-1. The van der Waals surface area contributed by atoms with Crippen molar-refractivity contribution in [1.29, 1.82) is 0 Å². The van der Waals surface area contributed by atoms with Crippen molar-refractivity contribution in [2.24, 2.45) is 0 Å². The van der Waals surface area contributed by atoms with Crippen molar-refractivity contribution in [2.45, 2.75) is 32.6 Å². The van der Waals surface area contributed by atoms with Gasteiger partial charge in [0.25, 0.3) is 0 Å². The van der Waals surface area contributed by atoms with Crippen LogP contribution in [0, 0.1) is 0 Å². The molecule has 0 atom stereocenters. The summed E-state index contributed by atoms with van der Waals surface area (Å²) < 4.78 is 4.86. The molecule has 0 fully saturated rings. The zero-order chi connectivity index (χ0) is 10.2. The van der Waals surface area contributed by atoms with Gasteiger partial charge in [-0.2, -0.15) is 9.97 Å². The van der Waals surface area contributed by atoms with Crippen LogP contribution >= 0.6 is 0 Å². The molecule has 0 unspecified atom stereocenters. The molecule has 5 nitrogen and oxygen atoms in total. The number of aromatic nitrogens is 3. The predicted octanol–water partition coefficient (Wildman–Crippen LogP) is -1.53. The fourth-order valence-corrected chi connectivity index (χ4v) is 0.953. The quantitative estimate of drug-likeness (QED) is 0.341. The fraction of sp³-hybridized carbons (Fsp3) is 0.556. The summed E-state index contributed by atoms with van der Waals surface area (Å²) >= 11 is 0. The van der Waals surface area contributed by atoms with E-state index in [1.807, 2.05) is 0 Å². The number of ether oxygens (including phenoxy) is 1. The summed E-state index contributed by atoms with van der Waals surface area (Å²) in [5, 5.41) is 0. The second-order valence-electron chi connectivity index (χ2n) is 2.85. The number of esters is 1. The molecule has 0 amide bonds. The van der Waals surface area contributed by atoms with Gasteiger partial charge in [-0.1, -0.05) is 19.8 Å². The molecule has 1 aromatic heterocycles. The molecule has 0 saturated heterocycles. The first-order chi connectivity index (χ1) is 6.83. The molecule has 0 bridgehead atoms. The van der Waals surface area contributed by atoms with Crippen LogP contribution in [-0.4, -0.2) is 20.9 Å². The van der Waals surface area contributed by atoms with Crippen molar-refractivity contribution in [1.82, 2.24) is 15.0 Å². The minimum absolute atomic E-state index is 0. The first-order valence-electron chi connectivity index (χ1n) is 4.65. The third kappa shape index (κ3) is 6.54. The number of unbranched alkanes of at least 4 members (excludes halogenated alkanes) is 2. The minimum Gasteiger partial charge on any atom is -1.00 e. The van der Waals surface area contributed by atoms with Crippen LogP contribution in [0.15, 0.2) is 12.7 Å². The number of carbonyl (C=O) groups is 1. The molecule has 78 valence electrons. The average molecular weight is 219 g/mol. The van der Waals surface area contributed by atoms with E-state index in [0.29, 0.717) is 6.42 Å². The van der Waals surface area contributed by atoms with Crippen LogP contribution in [0.2, 0.25) is 0 Å². The Morgan fingerprint density at radius 1 is 1.40 bits per heavy atom. The number of rotatable bonds is 5. The Balaban J connectivity index is 0. The second-order valence-corrected chi connectivity index (χ2v) is 2.85. The van der Waals surface area contributed by atoms with Crippen LogP contribution in [0.1, 0.15) is 34.0 Å². The molecule has 1 aromatic rings. The fourth-order valence-electron chi connectivity index (χ4n) is 0.953. The third-order valence-electron chi connectivity index (χ3n) is 1.66. The van der Waals surface area contributed by atoms with E-state index in [1.54, 1.807) is 0 Å². The molecule has 0 aliphatic rings. The van der Waals surface area contributed by atoms with Crippen molar-refractivity contribution in [3.63, 3.8) is 0 Å². The molecule has 0 radical (unpaired) electrons. The van der Waals surface area contributed by atoms with Gasteiger partial charge in [0.05, 0.1) is 0 Å². The molecule has 0 spiro atoms. The summed E-state index contributed by atoms with van der Waals surface area (Å²) in [4.78, 5) is 22.1. The van der Waals surface area contributed by atoms with Crippen molar-refractivity contribution < 1.29 is 40.5 Å². The Bertz CT molecular complexity index is 287. The van der Waals surface area contributed by atoms with Gasteiger partial charge in [0.15, 0.2) is 0 Å². The maximum Gasteiger partial charge on any atom is 1.00 e. The Morgan fingerprint density at radius 3 is 2.67 bits per heavy atom. The zero-order valence-electron chi connectivity index (χ0n) is 10.1. The minimum atomic E-state index is -0.287. The number of hydrogen-bond acceptors (Lipinski definition) is 5. The summed E-state index contributed by atoms with van der Waals surface area (Å²) in [5.41, 5.74) is 0. The molecule has 15 heavy (non-hydrogen) atoms.